The van der Waals surface area contributed by atoms with Crippen molar-refractivity contribution in [3.05, 3.63) is 36.4 Å². The molecule has 0 amide bonds. The first-order valence-electron chi connectivity index (χ1n) is 4.52. The average molecular weight is 238 g/mol. The average Bonchev–Trinajstić information content (AvgIpc) is 2.64. The van der Waals surface area contributed by atoms with Crippen LogP contribution in [0.15, 0.2) is 39.8 Å². The SMILES string of the molecule is Cc1ncc(-c2ccc(S(N)(=O)=O)cc2)o1. The maximum absolute atomic E-state index is 11.0. The van der Waals surface area contributed by atoms with Crippen molar-refractivity contribution in [2.45, 2.75) is 11.8 Å². The highest BCUT2D eigenvalue weighted by Gasteiger charge is 2.08. The second-order valence-corrected chi connectivity index (χ2v) is 4.87. The zero-order valence-electron chi connectivity index (χ0n) is 8.54. The summed E-state index contributed by atoms with van der Waals surface area (Å²) in [5.74, 6) is 1.16. The Morgan fingerprint density at radius 2 is 1.88 bits per heavy atom. The van der Waals surface area contributed by atoms with Gasteiger partial charge in [-0.15, -0.1) is 0 Å². The highest BCUT2D eigenvalue weighted by molar-refractivity contribution is 7.89. The van der Waals surface area contributed by atoms with Gasteiger partial charge in [-0.1, -0.05) is 0 Å². The van der Waals surface area contributed by atoms with E-state index in [9.17, 15) is 8.42 Å². The highest BCUT2D eigenvalue weighted by atomic mass is 32.2. The number of primary sulfonamides is 1. The summed E-state index contributed by atoms with van der Waals surface area (Å²) in [4.78, 5) is 4.03. The number of benzene rings is 1. The molecule has 0 saturated heterocycles. The van der Waals surface area contributed by atoms with Crippen molar-refractivity contribution >= 4 is 10.0 Å². The summed E-state index contributed by atoms with van der Waals surface area (Å²) in [5, 5.41) is 4.99. The number of nitrogens with zero attached hydrogens (tertiary/aromatic N) is 1. The maximum atomic E-state index is 11.0. The van der Waals surface area contributed by atoms with E-state index in [1.807, 2.05) is 0 Å². The summed E-state index contributed by atoms with van der Waals surface area (Å²) in [5.41, 5.74) is 0.757. The predicted octanol–water partition coefficient (Wildman–Crippen LogP) is 1.30. The molecule has 0 bridgehead atoms. The van der Waals surface area contributed by atoms with E-state index in [2.05, 4.69) is 4.98 Å². The molecule has 0 unspecified atom stereocenters. The predicted molar refractivity (Wildman–Crippen MR) is 58.0 cm³/mol. The van der Waals surface area contributed by atoms with Gasteiger partial charge in [0.2, 0.25) is 10.0 Å². The van der Waals surface area contributed by atoms with Gasteiger partial charge in [0.15, 0.2) is 11.7 Å². The summed E-state index contributed by atoms with van der Waals surface area (Å²) in [6, 6.07) is 6.12. The first kappa shape index (κ1) is 10.8. The molecule has 2 rings (SSSR count). The van der Waals surface area contributed by atoms with Gasteiger partial charge in [0.05, 0.1) is 11.1 Å². The van der Waals surface area contributed by atoms with E-state index in [0.29, 0.717) is 11.7 Å². The first-order chi connectivity index (χ1) is 7.47. The number of aromatic nitrogens is 1. The molecule has 1 aromatic carbocycles. The Labute approximate surface area is 93.0 Å². The van der Waals surface area contributed by atoms with E-state index in [1.54, 1.807) is 25.3 Å². The van der Waals surface area contributed by atoms with Gasteiger partial charge < -0.3 is 4.42 Å². The monoisotopic (exact) mass is 238 g/mol. The molecular weight excluding hydrogens is 228 g/mol. The van der Waals surface area contributed by atoms with Crippen molar-refractivity contribution in [2.24, 2.45) is 5.14 Å². The van der Waals surface area contributed by atoms with Crippen molar-refractivity contribution in [3.63, 3.8) is 0 Å². The second kappa shape index (κ2) is 3.73. The molecule has 0 aliphatic carbocycles. The Bertz CT molecular complexity index is 599. The summed E-state index contributed by atoms with van der Waals surface area (Å²) in [7, 11) is -3.64. The van der Waals surface area contributed by atoms with Gasteiger partial charge in [-0.05, 0) is 24.3 Å². The number of nitrogens with two attached hydrogens (primary N) is 1. The highest BCUT2D eigenvalue weighted by Crippen LogP contribution is 2.21. The number of hydrogen-bond donors (Lipinski definition) is 1. The van der Waals surface area contributed by atoms with Crippen molar-refractivity contribution in [3.8, 4) is 11.3 Å². The Morgan fingerprint density at radius 3 is 2.31 bits per heavy atom. The molecule has 0 radical (unpaired) electrons. The minimum absolute atomic E-state index is 0.0764. The molecule has 1 heterocycles. The Balaban J connectivity index is 2.40. The molecule has 0 saturated carbocycles. The first-order valence-corrected chi connectivity index (χ1v) is 6.07. The van der Waals surface area contributed by atoms with E-state index in [0.717, 1.165) is 5.56 Å². The number of sulfonamides is 1. The lowest BCUT2D eigenvalue weighted by Crippen LogP contribution is -2.11. The molecule has 6 heteroatoms. The molecule has 0 aliphatic heterocycles. The molecule has 84 valence electrons. The molecule has 0 fully saturated rings. The molecule has 0 spiro atoms. The zero-order chi connectivity index (χ0) is 11.8. The largest absolute Gasteiger partial charge is 0.441 e. The number of rotatable bonds is 2. The van der Waals surface area contributed by atoms with Crippen LogP contribution >= 0.6 is 0 Å². The third-order valence-corrected chi connectivity index (χ3v) is 3.02. The molecular formula is C10H10N2O3S. The fourth-order valence-electron chi connectivity index (χ4n) is 1.30. The Hall–Kier alpha value is -1.66. The van der Waals surface area contributed by atoms with Crippen LogP contribution in [-0.2, 0) is 10.0 Å². The van der Waals surface area contributed by atoms with Gasteiger partial charge in [-0.25, -0.2) is 18.5 Å². The van der Waals surface area contributed by atoms with Gasteiger partial charge in [-0.2, -0.15) is 0 Å². The minimum Gasteiger partial charge on any atom is -0.441 e. The van der Waals surface area contributed by atoms with Crippen LogP contribution in [0.1, 0.15) is 5.89 Å². The quantitative estimate of drug-likeness (QED) is 0.854. The number of aryl methyl sites for hydroxylation is 1. The lowest BCUT2D eigenvalue weighted by atomic mass is 10.2. The number of hydrogen-bond acceptors (Lipinski definition) is 4. The van der Waals surface area contributed by atoms with Gasteiger partial charge in [-0.3, -0.25) is 0 Å². The maximum Gasteiger partial charge on any atom is 0.238 e. The topological polar surface area (TPSA) is 86.2 Å². The van der Waals surface area contributed by atoms with E-state index in [-0.39, 0.29) is 4.90 Å². The molecule has 2 aromatic rings. The van der Waals surface area contributed by atoms with Crippen molar-refractivity contribution in [2.75, 3.05) is 0 Å². The third-order valence-electron chi connectivity index (χ3n) is 2.09. The fraction of sp³-hybridized carbons (Fsp3) is 0.100. The number of oxazole rings is 1. The summed E-state index contributed by atoms with van der Waals surface area (Å²) < 4.78 is 27.4. The van der Waals surface area contributed by atoms with Crippen LogP contribution in [0.25, 0.3) is 11.3 Å². The van der Waals surface area contributed by atoms with Gasteiger partial charge >= 0.3 is 0 Å². The summed E-state index contributed by atoms with van der Waals surface area (Å²) in [6.07, 6.45) is 1.58. The second-order valence-electron chi connectivity index (χ2n) is 3.31. The van der Waals surface area contributed by atoms with Gasteiger partial charge in [0.1, 0.15) is 0 Å². The summed E-state index contributed by atoms with van der Waals surface area (Å²) >= 11 is 0. The normalized spacial score (nSPS) is 11.6. The van der Waals surface area contributed by atoms with Crippen LogP contribution in [-0.4, -0.2) is 13.4 Å². The van der Waals surface area contributed by atoms with E-state index in [4.69, 9.17) is 9.56 Å². The Morgan fingerprint density at radius 1 is 1.25 bits per heavy atom. The lowest BCUT2D eigenvalue weighted by Gasteiger charge is -1.99. The van der Waals surface area contributed by atoms with Gasteiger partial charge in [0.25, 0.3) is 0 Å². The van der Waals surface area contributed by atoms with E-state index >= 15 is 0 Å². The third kappa shape index (κ3) is 2.12. The smallest absolute Gasteiger partial charge is 0.238 e. The Kier molecular flexibility index (Phi) is 2.53. The fourth-order valence-corrected chi connectivity index (χ4v) is 1.82. The molecule has 5 nitrogen and oxygen atoms in total. The molecule has 0 aliphatic rings. The van der Waals surface area contributed by atoms with Crippen molar-refractivity contribution < 1.29 is 12.8 Å². The molecule has 16 heavy (non-hydrogen) atoms. The standard InChI is InChI=1S/C10H10N2O3S/c1-7-12-6-10(15-7)8-2-4-9(5-3-8)16(11,13)14/h2-6H,1H3,(H2,11,13,14). The van der Waals surface area contributed by atoms with E-state index < -0.39 is 10.0 Å². The van der Waals surface area contributed by atoms with Crippen LogP contribution in [0, 0.1) is 6.92 Å². The van der Waals surface area contributed by atoms with Crippen molar-refractivity contribution in [1.82, 2.24) is 4.98 Å². The van der Waals surface area contributed by atoms with Gasteiger partial charge in [0, 0.05) is 12.5 Å². The molecule has 1 aromatic heterocycles. The van der Waals surface area contributed by atoms with Crippen molar-refractivity contribution in [1.29, 1.82) is 0 Å². The van der Waals surface area contributed by atoms with Crippen LogP contribution in [0.4, 0.5) is 0 Å². The van der Waals surface area contributed by atoms with Crippen LogP contribution in [0.5, 0.6) is 0 Å². The lowest BCUT2D eigenvalue weighted by molar-refractivity contribution is 0.534. The van der Waals surface area contributed by atoms with Crippen LogP contribution < -0.4 is 5.14 Å². The minimum atomic E-state index is -3.64. The van der Waals surface area contributed by atoms with Crippen LogP contribution in [0.2, 0.25) is 0 Å². The van der Waals surface area contributed by atoms with Crippen LogP contribution in [0.3, 0.4) is 0 Å². The summed E-state index contributed by atoms with van der Waals surface area (Å²) in [6.45, 7) is 1.74. The molecule has 2 N–H and O–H groups in total. The van der Waals surface area contributed by atoms with E-state index in [1.165, 1.54) is 12.1 Å². The molecule has 0 atom stereocenters. The zero-order valence-corrected chi connectivity index (χ0v) is 9.36.